The molecule has 1 aliphatic heterocycles. The number of para-hydroxylation sites is 2. The molecular weight excluding hydrogens is 320 g/mol. The van der Waals surface area contributed by atoms with Crippen LogP contribution in [-0.4, -0.2) is 41.2 Å². The van der Waals surface area contributed by atoms with Crippen molar-refractivity contribution in [2.45, 2.75) is 25.4 Å². The molecule has 3 N–H and O–H groups in total. The Labute approximate surface area is 138 Å². The van der Waals surface area contributed by atoms with Gasteiger partial charge in [0.25, 0.3) is 5.69 Å². The fraction of sp³-hybridized carbons (Fsp3) is 0.429. The Kier molecular flexibility index (Phi) is 5.83. The van der Waals surface area contributed by atoms with Gasteiger partial charge in [-0.3, -0.25) is 14.9 Å². The number of nitrogens with zero attached hydrogens (tertiary/aromatic N) is 1. The number of ether oxygens (including phenoxy) is 1. The summed E-state index contributed by atoms with van der Waals surface area (Å²) in [4.78, 5) is 22.4. The molecule has 2 rings (SSSR count). The molecule has 1 aliphatic rings. The minimum atomic E-state index is -0.486. The molecule has 0 aliphatic carbocycles. The van der Waals surface area contributed by atoms with Crippen LogP contribution in [0.2, 0.25) is 0 Å². The van der Waals surface area contributed by atoms with Gasteiger partial charge in [0, 0.05) is 6.07 Å². The van der Waals surface area contributed by atoms with E-state index in [2.05, 4.69) is 16.0 Å². The van der Waals surface area contributed by atoms with Crippen molar-refractivity contribution in [2.24, 2.45) is 0 Å². The van der Waals surface area contributed by atoms with Gasteiger partial charge in [-0.05, 0) is 38.2 Å². The van der Waals surface area contributed by atoms with Crippen molar-refractivity contribution in [3.8, 4) is 0 Å². The fourth-order valence-corrected chi connectivity index (χ4v) is 2.67. The standard InChI is InChI=1S/C14H18N4O4S/c1-2-22-13(19)12-10(7-8-15-12)17-14(23)16-9-5-3-4-6-11(9)18(20)21/h3-6,10,12,15H,2,7-8H2,1H3,(H2,16,17,23). The topological polar surface area (TPSA) is 106 Å². The maximum absolute atomic E-state index is 11.9. The highest BCUT2D eigenvalue weighted by atomic mass is 32.1. The first kappa shape index (κ1) is 17.1. The van der Waals surface area contributed by atoms with Crippen molar-refractivity contribution in [1.29, 1.82) is 0 Å². The van der Waals surface area contributed by atoms with Crippen molar-refractivity contribution < 1.29 is 14.5 Å². The Hall–Kier alpha value is -2.26. The van der Waals surface area contributed by atoms with E-state index in [1.807, 2.05) is 0 Å². The second-order valence-corrected chi connectivity index (χ2v) is 5.36. The van der Waals surface area contributed by atoms with Gasteiger partial charge in [-0.2, -0.15) is 0 Å². The number of nitro benzene ring substituents is 1. The molecule has 1 aromatic rings. The van der Waals surface area contributed by atoms with E-state index in [1.165, 1.54) is 6.07 Å². The van der Waals surface area contributed by atoms with Gasteiger partial charge in [0.1, 0.15) is 11.7 Å². The largest absolute Gasteiger partial charge is 0.465 e. The Morgan fingerprint density at radius 3 is 2.96 bits per heavy atom. The molecular formula is C14H18N4O4S. The van der Waals surface area contributed by atoms with Crippen molar-refractivity contribution in [1.82, 2.24) is 10.6 Å². The van der Waals surface area contributed by atoms with E-state index in [-0.39, 0.29) is 22.8 Å². The molecule has 124 valence electrons. The molecule has 0 aromatic heterocycles. The van der Waals surface area contributed by atoms with Gasteiger partial charge in [-0.1, -0.05) is 12.1 Å². The minimum Gasteiger partial charge on any atom is -0.465 e. The number of nitro groups is 1. The molecule has 23 heavy (non-hydrogen) atoms. The lowest BCUT2D eigenvalue weighted by molar-refractivity contribution is -0.383. The number of hydrogen-bond donors (Lipinski definition) is 3. The first-order chi connectivity index (χ1) is 11.0. The number of carbonyl (C=O) groups excluding carboxylic acids is 1. The lowest BCUT2D eigenvalue weighted by Crippen LogP contribution is -2.49. The summed E-state index contributed by atoms with van der Waals surface area (Å²) in [6.07, 6.45) is 0.697. The molecule has 1 saturated heterocycles. The molecule has 8 nitrogen and oxygen atoms in total. The molecule has 0 spiro atoms. The SMILES string of the molecule is CCOC(=O)C1NCCC1NC(=S)Nc1ccccc1[N+](=O)[O-]. The van der Waals surface area contributed by atoms with Gasteiger partial charge >= 0.3 is 5.97 Å². The van der Waals surface area contributed by atoms with Crippen LogP contribution in [0.4, 0.5) is 11.4 Å². The molecule has 0 bridgehead atoms. The zero-order chi connectivity index (χ0) is 16.8. The predicted octanol–water partition coefficient (Wildman–Crippen LogP) is 1.17. The highest BCUT2D eigenvalue weighted by molar-refractivity contribution is 7.80. The quantitative estimate of drug-likeness (QED) is 0.318. The Morgan fingerprint density at radius 1 is 1.52 bits per heavy atom. The van der Waals surface area contributed by atoms with Gasteiger partial charge in [0.15, 0.2) is 5.11 Å². The maximum atomic E-state index is 11.9. The van der Waals surface area contributed by atoms with Crippen LogP contribution in [0.5, 0.6) is 0 Å². The minimum absolute atomic E-state index is 0.0665. The average Bonchev–Trinajstić information content (AvgIpc) is 2.95. The van der Waals surface area contributed by atoms with E-state index < -0.39 is 11.0 Å². The number of carbonyl (C=O) groups is 1. The Bertz CT molecular complexity index is 610. The highest BCUT2D eigenvalue weighted by Gasteiger charge is 2.34. The second kappa shape index (κ2) is 7.84. The van der Waals surface area contributed by atoms with Gasteiger partial charge < -0.3 is 20.7 Å². The number of rotatable bonds is 5. The van der Waals surface area contributed by atoms with Crippen molar-refractivity contribution >= 4 is 34.7 Å². The Balaban J connectivity index is 1.99. The van der Waals surface area contributed by atoms with E-state index in [0.717, 1.165) is 0 Å². The summed E-state index contributed by atoms with van der Waals surface area (Å²) in [6, 6.07) is 5.51. The van der Waals surface area contributed by atoms with E-state index in [0.29, 0.717) is 25.3 Å². The number of esters is 1. The summed E-state index contributed by atoms with van der Waals surface area (Å²) in [5, 5.41) is 20.1. The third-order valence-electron chi connectivity index (χ3n) is 3.43. The summed E-state index contributed by atoms with van der Waals surface area (Å²) in [5.41, 5.74) is 0.233. The van der Waals surface area contributed by atoms with Crippen LogP contribution in [0.25, 0.3) is 0 Å². The molecule has 0 amide bonds. The molecule has 1 fully saturated rings. The fourth-order valence-electron chi connectivity index (χ4n) is 2.40. The molecule has 0 saturated carbocycles. The summed E-state index contributed by atoms with van der Waals surface area (Å²) in [6.45, 7) is 2.72. The second-order valence-electron chi connectivity index (χ2n) is 4.95. The van der Waals surface area contributed by atoms with Crippen molar-refractivity contribution in [2.75, 3.05) is 18.5 Å². The van der Waals surface area contributed by atoms with Crippen LogP contribution >= 0.6 is 12.2 Å². The van der Waals surface area contributed by atoms with Gasteiger partial charge in [0.2, 0.25) is 0 Å². The average molecular weight is 338 g/mol. The normalized spacial score (nSPS) is 19.9. The van der Waals surface area contributed by atoms with Crippen LogP contribution in [0.15, 0.2) is 24.3 Å². The van der Waals surface area contributed by atoms with E-state index in [1.54, 1.807) is 25.1 Å². The van der Waals surface area contributed by atoms with Gasteiger partial charge in [-0.25, -0.2) is 0 Å². The zero-order valence-corrected chi connectivity index (χ0v) is 13.4. The van der Waals surface area contributed by atoms with Crippen LogP contribution < -0.4 is 16.0 Å². The summed E-state index contributed by atoms with van der Waals surface area (Å²) < 4.78 is 5.01. The first-order valence-electron chi connectivity index (χ1n) is 7.24. The lowest BCUT2D eigenvalue weighted by Gasteiger charge is -2.21. The van der Waals surface area contributed by atoms with Crippen LogP contribution in [0, 0.1) is 10.1 Å². The molecule has 2 atom stereocenters. The number of benzene rings is 1. The van der Waals surface area contributed by atoms with E-state index in [4.69, 9.17) is 17.0 Å². The monoisotopic (exact) mass is 338 g/mol. The summed E-state index contributed by atoms with van der Waals surface area (Å²) >= 11 is 5.20. The third kappa shape index (κ3) is 4.36. The van der Waals surface area contributed by atoms with Gasteiger partial charge in [-0.15, -0.1) is 0 Å². The maximum Gasteiger partial charge on any atom is 0.325 e. The van der Waals surface area contributed by atoms with Crippen molar-refractivity contribution in [3.05, 3.63) is 34.4 Å². The number of anilines is 1. The molecule has 0 radical (unpaired) electrons. The molecule has 9 heteroatoms. The van der Waals surface area contributed by atoms with Crippen molar-refractivity contribution in [3.63, 3.8) is 0 Å². The number of nitrogens with one attached hydrogen (secondary N) is 3. The summed E-state index contributed by atoms with van der Waals surface area (Å²) in [7, 11) is 0. The number of thiocarbonyl (C=S) groups is 1. The molecule has 1 heterocycles. The third-order valence-corrected chi connectivity index (χ3v) is 3.65. The highest BCUT2D eigenvalue weighted by Crippen LogP contribution is 2.23. The zero-order valence-electron chi connectivity index (χ0n) is 12.6. The van der Waals surface area contributed by atoms with Crippen LogP contribution in [0.1, 0.15) is 13.3 Å². The van der Waals surface area contributed by atoms with Gasteiger partial charge in [0.05, 0.1) is 17.6 Å². The van der Waals surface area contributed by atoms with E-state index >= 15 is 0 Å². The van der Waals surface area contributed by atoms with Crippen LogP contribution in [0.3, 0.4) is 0 Å². The van der Waals surface area contributed by atoms with Crippen LogP contribution in [-0.2, 0) is 9.53 Å². The lowest BCUT2D eigenvalue weighted by atomic mass is 10.1. The summed E-state index contributed by atoms with van der Waals surface area (Å²) in [5.74, 6) is -0.337. The van der Waals surface area contributed by atoms with E-state index in [9.17, 15) is 14.9 Å². The number of hydrogen-bond acceptors (Lipinski definition) is 6. The molecule has 1 aromatic carbocycles. The molecule has 2 unspecified atom stereocenters. The smallest absolute Gasteiger partial charge is 0.325 e. The first-order valence-corrected chi connectivity index (χ1v) is 7.64. The Morgan fingerprint density at radius 2 is 2.26 bits per heavy atom. The predicted molar refractivity (Wildman–Crippen MR) is 89.3 cm³/mol.